The van der Waals surface area contributed by atoms with Crippen LogP contribution in [0, 0.1) is 5.92 Å². The molecule has 0 saturated carbocycles. The van der Waals surface area contributed by atoms with E-state index in [1.807, 2.05) is 36.4 Å². The van der Waals surface area contributed by atoms with E-state index in [1.165, 1.54) is 22.3 Å². The number of carbonyl (C=O) groups excluding carboxylic acids is 3. The van der Waals surface area contributed by atoms with Crippen LogP contribution in [0.4, 0.5) is 0 Å². The van der Waals surface area contributed by atoms with Gasteiger partial charge in [0.05, 0.1) is 6.20 Å². The number of hydrogen-bond donors (Lipinski definition) is 0. The van der Waals surface area contributed by atoms with Crippen LogP contribution in [0.15, 0.2) is 83.5 Å². The Morgan fingerprint density at radius 3 is 2.35 bits per heavy atom. The number of rotatable bonds is 4. The summed E-state index contributed by atoms with van der Waals surface area (Å²) in [7, 11) is 0. The lowest BCUT2D eigenvalue weighted by atomic mass is 10.00. The average Bonchev–Trinajstić information content (AvgIpc) is 3.47. The van der Waals surface area contributed by atoms with E-state index in [-0.39, 0.29) is 23.7 Å². The SMILES string of the molecule is O=C(c1ncc(-c2ccccn2)o1)C1Cc2ccc(-c3ccccc3)cc2C1.O=C=O. The van der Waals surface area contributed by atoms with Crippen LogP contribution >= 0.6 is 0 Å². The minimum Gasteiger partial charge on any atom is -0.432 e. The van der Waals surface area contributed by atoms with Crippen molar-refractivity contribution >= 4 is 11.9 Å². The first-order chi connectivity index (χ1) is 15.2. The third kappa shape index (κ3) is 4.39. The normalized spacial score (nSPS) is 14.1. The highest BCUT2D eigenvalue weighted by molar-refractivity contribution is 5.95. The maximum absolute atomic E-state index is 12.9. The summed E-state index contributed by atoms with van der Waals surface area (Å²) in [5.74, 6) is 0.517. The topological polar surface area (TPSA) is 90.1 Å². The van der Waals surface area contributed by atoms with E-state index >= 15 is 0 Å². The van der Waals surface area contributed by atoms with Crippen molar-refractivity contribution in [2.45, 2.75) is 12.8 Å². The number of hydrogen-bond acceptors (Lipinski definition) is 6. The number of carbonyl (C=O) groups is 1. The molecule has 31 heavy (non-hydrogen) atoms. The molecule has 1 unspecified atom stereocenters. The Kier molecular flexibility index (Phi) is 5.92. The van der Waals surface area contributed by atoms with Gasteiger partial charge in [-0.1, -0.05) is 54.6 Å². The van der Waals surface area contributed by atoms with Gasteiger partial charge in [0.25, 0.3) is 5.89 Å². The van der Waals surface area contributed by atoms with Crippen molar-refractivity contribution in [1.82, 2.24) is 9.97 Å². The zero-order valence-electron chi connectivity index (χ0n) is 16.5. The molecule has 1 aliphatic rings. The summed E-state index contributed by atoms with van der Waals surface area (Å²) in [5.41, 5.74) is 5.51. The first-order valence-corrected chi connectivity index (χ1v) is 9.77. The highest BCUT2D eigenvalue weighted by Crippen LogP contribution is 2.33. The van der Waals surface area contributed by atoms with Crippen LogP contribution in [-0.2, 0) is 22.4 Å². The van der Waals surface area contributed by atoms with E-state index in [9.17, 15) is 4.79 Å². The molecule has 1 aliphatic carbocycles. The summed E-state index contributed by atoms with van der Waals surface area (Å²) in [6, 6.07) is 22.3. The number of fused-ring (bicyclic) bond motifs is 1. The maximum atomic E-state index is 12.9. The second-order valence-electron chi connectivity index (χ2n) is 7.15. The minimum absolute atomic E-state index is 0.0420. The molecule has 2 aromatic carbocycles. The van der Waals surface area contributed by atoms with Crippen molar-refractivity contribution in [3.05, 3.63) is 96.1 Å². The lowest BCUT2D eigenvalue weighted by Crippen LogP contribution is -2.15. The number of aromatic nitrogens is 2. The van der Waals surface area contributed by atoms with Gasteiger partial charge < -0.3 is 4.42 Å². The van der Waals surface area contributed by atoms with Crippen molar-refractivity contribution in [2.24, 2.45) is 5.92 Å². The molecule has 0 aliphatic heterocycles. The Hall–Kier alpha value is -4.15. The third-order valence-electron chi connectivity index (χ3n) is 5.25. The number of nitrogens with zero attached hydrogens (tertiary/aromatic N) is 2. The van der Waals surface area contributed by atoms with Crippen LogP contribution in [0.1, 0.15) is 21.8 Å². The molecule has 0 N–H and O–H groups in total. The molecule has 2 aromatic heterocycles. The number of Topliss-reactive ketones (excluding diaryl/α,β-unsaturated/α-hetero) is 1. The second-order valence-corrected chi connectivity index (χ2v) is 7.15. The van der Waals surface area contributed by atoms with Gasteiger partial charge in [0.15, 0.2) is 5.76 Å². The molecule has 152 valence electrons. The van der Waals surface area contributed by atoms with E-state index in [1.54, 1.807) is 12.4 Å². The molecule has 6 heteroatoms. The number of ketones is 1. The first-order valence-electron chi connectivity index (χ1n) is 9.77. The summed E-state index contributed by atoms with van der Waals surface area (Å²) in [5, 5.41) is 0. The Bertz CT molecular complexity index is 1230. The molecule has 0 fully saturated rings. The number of oxazole rings is 1. The molecule has 1 atom stereocenters. The Labute approximate surface area is 178 Å². The predicted octanol–water partition coefficient (Wildman–Crippen LogP) is 4.42. The highest BCUT2D eigenvalue weighted by atomic mass is 16.4. The smallest absolute Gasteiger partial charge is 0.373 e. The van der Waals surface area contributed by atoms with Crippen LogP contribution < -0.4 is 0 Å². The van der Waals surface area contributed by atoms with Crippen LogP contribution in [0.25, 0.3) is 22.6 Å². The molecule has 0 saturated heterocycles. The Balaban J connectivity index is 0.000000730. The third-order valence-corrected chi connectivity index (χ3v) is 5.25. The van der Waals surface area contributed by atoms with Gasteiger partial charge in [0.1, 0.15) is 5.69 Å². The molecule has 0 spiro atoms. The van der Waals surface area contributed by atoms with Gasteiger partial charge in [-0.2, -0.15) is 9.59 Å². The Morgan fingerprint density at radius 1 is 0.871 bits per heavy atom. The van der Waals surface area contributed by atoms with Gasteiger partial charge in [-0.25, -0.2) is 4.98 Å². The van der Waals surface area contributed by atoms with Crippen molar-refractivity contribution in [2.75, 3.05) is 0 Å². The summed E-state index contributed by atoms with van der Waals surface area (Å²) in [6.45, 7) is 0. The summed E-state index contributed by atoms with van der Waals surface area (Å²) in [6.07, 6.45) is 4.96. The largest absolute Gasteiger partial charge is 0.432 e. The molecular formula is C25H18N2O4. The molecule has 0 radical (unpaired) electrons. The lowest BCUT2D eigenvalue weighted by molar-refractivity contribution is -0.191. The molecule has 0 amide bonds. The first kappa shape index (κ1) is 20.1. The lowest BCUT2D eigenvalue weighted by Gasteiger charge is -2.04. The van der Waals surface area contributed by atoms with E-state index < -0.39 is 0 Å². The summed E-state index contributed by atoms with van der Waals surface area (Å²) < 4.78 is 5.71. The van der Waals surface area contributed by atoms with Gasteiger partial charge >= 0.3 is 6.15 Å². The number of pyridine rings is 1. The van der Waals surface area contributed by atoms with Crippen LogP contribution in [0.2, 0.25) is 0 Å². The zero-order valence-corrected chi connectivity index (χ0v) is 16.5. The summed E-state index contributed by atoms with van der Waals surface area (Å²) in [4.78, 5) is 37.6. The van der Waals surface area contributed by atoms with Crippen molar-refractivity contribution in [3.63, 3.8) is 0 Å². The van der Waals surface area contributed by atoms with Gasteiger partial charge in [0, 0.05) is 12.1 Å². The molecule has 6 nitrogen and oxygen atoms in total. The minimum atomic E-state index is -0.128. The maximum Gasteiger partial charge on any atom is 0.373 e. The van der Waals surface area contributed by atoms with E-state index in [4.69, 9.17) is 14.0 Å². The monoisotopic (exact) mass is 410 g/mol. The summed E-state index contributed by atoms with van der Waals surface area (Å²) >= 11 is 0. The fourth-order valence-electron chi connectivity index (χ4n) is 3.80. The molecule has 5 rings (SSSR count). The van der Waals surface area contributed by atoms with Crippen LogP contribution in [-0.4, -0.2) is 21.9 Å². The molecular weight excluding hydrogens is 392 g/mol. The quantitative estimate of drug-likeness (QED) is 0.463. The van der Waals surface area contributed by atoms with Gasteiger partial charge in [-0.05, 0) is 47.2 Å². The van der Waals surface area contributed by atoms with Crippen molar-refractivity contribution in [3.8, 4) is 22.6 Å². The fraction of sp³-hybridized carbons (Fsp3) is 0.120. The molecule has 2 heterocycles. The molecule has 0 bridgehead atoms. The van der Waals surface area contributed by atoms with E-state index in [0.717, 1.165) is 12.8 Å². The average molecular weight is 410 g/mol. The van der Waals surface area contributed by atoms with Crippen LogP contribution in [0.5, 0.6) is 0 Å². The van der Waals surface area contributed by atoms with Gasteiger partial charge in [-0.15, -0.1) is 0 Å². The van der Waals surface area contributed by atoms with Crippen molar-refractivity contribution in [1.29, 1.82) is 0 Å². The highest BCUT2D eigenvalue weighted by Gasteiger charge is 2.31. The number of benzene rings is 2. The molecule has 4 aromatic rings. The standard InChI is InChI=1S/C24H18N2O2.CO2/c27-23(24-26-15-22(28-24)21-8-4-5-11-25-21)20-13-18-10-9-17(12-19(18)14-20)16-6-2-1-3-7-16;2-1-3/h1-12,15,20H,13-14H2;. The fourth-order valence-corrected chi connectivity index (χ4v) is 3.80. The van der Waals surface area contributed by atoms with E-state index in [2.05, 4.69) is 40.3 Å². The van der Waals surface area contributed by atoms with E-state index in [0.29, 0.717) is 11.5 Å². The van der Waals surface area contributed by atoms with Crippen molar-refractivity contribution < 1.29 is 18.8 Å². The Morgan fingerprint density at radius 2 is 1.61 bits per heavy atom. The second kappa shape index (κ2) is 9.11. The van der Waals surface area contributed by atoms with Gasteiger partial charge in [-0.3, -0.25) is 9.78 Å². The van der Waals surface area contributed by atoms with Crippen LogP contribution in [0.3, 0.4) is 0 Å². The zero-order chi connectivity index (χ0) is 21.6. The predicted molar refractivity (Wildman–Crippen MR) is 112 cm³/mol. The van der Waals surface area contributed by atoms with Gasteiger partial charge in [0.2, 0.25) is 5.78 Å².